The molecule has 1 aromatic carbocycles. The van der Waals surface area contributed by atoms with E-state index in [2.05, 4.69) is 0 Å². The van der Waals surface area contributed by atoms with Crippen LogP contribution in [0.15, 0.2) is 18.2 Å². The Bertz CT molecular complexity index is 488. The van der Waals surface area contributed by atoms with Gasteiger partial charge in [0.25, 0.3) is 0 Å². The quantitative estimate of drug-likeness (QED) is 0.759. The van der Waals surface area contributed by atoms with E-state index in [-0.39, 0.29) is 17.2 Å². The molecule has 90 valence electrons. The van der Waals surface area contributed by atoms with E-state index in [1.54, 1.807) is 6.07 Å². The second kappa shape index (κ2) is 4.45. The second-order valence-electron chi connectivity index (χ2n) is 3.42. The fourth-order valence-corrected chi connectivity index (χ4v) is 1.26. The van der Waals surface area contributed by atoms with Crippen molar-refractivity contribution < 1.29 is 18.0 Å². The first-order chi connectivity index (χ1) is 7.77. The summed E-state index contributed by atoms with van der Waals surface area (Å²) >= 11 is 0. The molecule has 0 bridgehead atoms. The van der Waals surface area contributed by atoms with Gasteiger partial charge in [0.15, 0.2) is 0 Å². The van der Waals surface area contributed by atoms with E-state index in [0.29, 0.717) is 0 Å². The Morgan fingerprint density at radius 3 is 2.41 bits per heavy atom. The van der Waals surface area contributed by atoms with Gasteiger partial charge in [-0.15, -0.1) is 0 Å². The Morgan fingerprint density at radius 2 is 2.00 bits per heavy atom. The topological polar surface area (TPSA) is 44.1 Å². The number of benzene rings is 1. The number of rotatable bonds is 1. The summed E-state index contributed by atoms with van der Waals surface area (Å²) < 4.78 is 37.2. The van der Waals surface area contributed by atoms with Crippen LogP contribution in [-0.2, 0) is 11.0 Å². The predicted octanol–water partition coefficient (Wildman–Crippen LogP) is 2.56. The number of nitriles is 1. The molecule has 0 radical (unpaired) electrons. The molecule has 0 N–H and O–H groups in total. The number of nitrogens with zero attached hydrogens (tertiary/aromatic N) is 2. The zero-order valence-corrected chi connectivity index (χ0v) is 9.17. The van der Waals surface area contributed by atoms with E-state index in [9.17, 15) is 18.0 Å². The van der Waals surface area contributed by atoms with Gasteiger partial charge in [0.05, 0.1) is 16.8 Å². The van der Waals surface area contributed by atoms with Crippen molar-refractivity contribution in [3.63, 3.8) is 0 Å². The first-order valence-corrected chi connectivity index (χ1v) is 4.63. The van der Waals surface area contributed by atoms with E-state index in [0.717, 1.165) is 23.1 Å². The van der Waals surface area contributed by atoms with Gasteiger partial charge >= 0.3 is 6.18 Å². The van der Waals surface area contributed by atoms with E-state index in [1.165, 1.54) is 14.0 Å². The van der Waals surface area contributed by atoms with E-state index in [1.807, 2.05) is 0 Å². The first-order valence-electron chi connectivity index (χ1n) is 4.63. The predicted molar refractivity (Wildman–Crippen MR) is 55.2 cm³/mol. The molecule has 0 saturated carbocycles. The maximum Gasteiger partial charge on any atom is 0.416 e. The average molecular weight is 242 g/mol. The Hall–Kier alpha value is -2.03. The first kappa shape index (κ1) is 13.0. The van der Waals surface area contributed by atoms with Crippen molar-refractivity contribution in [1.29, 1.82) is 5.26 Å². The highest BCUT2D eigenvalue weighted by atomic mass is 19.4. The smallest absolute Gasteiger partial charge is 0.314 e. The number of alkyl halides is 3. The highest BCUT2D eigenvalue weighted by Crippen LogP contribution is 2.32. The summed E-state index contributed by atoms with van der Waals surface area (Å²) in [5.74, 6) is -0.360. The number of anilines is 1. The molecule has 17 heavy (non-hydrogen) atoms. The van der Waals surface area contributed by atoms with Crippen molar-refractivity contribution in [2.75, 3.05) is 11.9 Å². The molecule has 1 amide bonds. The fourth-order valence-electron chi connectivity index (χ4n) is 1.26. The molecule has 0 aromatic heterocycles. The van der Waals surface area contributed by atoms with Crippen molar-refractivity contribution in [1.82, 2.24) is 0 Å². The molecular formula is C11H9F3N2O. The van der Waals surface area contributed by atoms with Gasteiger partial charge < -0.3 is 4.90 Å². The van der Waals surface area contributed by atoms with Crippen LogP contribution in [0.2, 0.25) is 0 Å². The molecule has 0 spiro atoms. The molecule has 0 heterocycles. The lowest BCUT2D eigenvalue weighted by atomic mass is 10.1. The standard InChI is InChI=1S/C11H9F3N2O/c1-7(17)16(2)10-4-3-9(11(12,13)14)5-8(10)6-15/h3-5H,1-2H3. The molecule has 1 rings (SSSR count). The Morgan fingerprint density at radius 1 is 1.41 bits per heavy atom. The lowest BCUT2D eigenvalue weighted by molar-refractivity contribution is -0.137. The van der Waals surface area contributed by atoms with Gasteiger partial charge in [0.2, 0.25) is 5.91 Å². The number of amides is 1. The van der Waals surface area contributed by atoms with Crippen LogP contribution in [0.4, 0.5) is 18.9 Å². The molecule has 0 aliphatic heterocycles. The SMILES string of the molecule is CC(=O)N(C)c1ccc(C(F)(F)F)cc1C#N. The maximum atomic E-state index is 12.4. The molecule has 3 nitrogen and oxygen atoms in total. The van der Waals surface area contributed by atoms with Crippen LogP contribution in [0.3, 0.4) is 0 Å². The third kappa shape index (κ3) is 2.75. The minimum Gasteiger partial charge on any atom is -0.314 e. The van der Waals surface area contributed by atoms with Crippen molar-refractivity contribution in [3.8, 4) is 6.07 Å². The van der Waals surface area contributed by atoms with E-state index >= 15 is 0 Å². The Balaban J connectivity index is 3.30. The van der Waals surface area contributed by atoms with E-state index in [4.69, 9.17) is 5.26 Å². The minimum atomic E-state index is -4.50. The number of carbonyl (C=O) groups is 1. The molecule has 0 atom stereocenters. The van der Waals surface area contributed by atoms with Gasteiger partial charge in [-0.25, -0.2) is 0 Å². The molecule has 0 unspecified atom stereocenters. The van der Waals surface area contributed by atoms with E-state index < -0.39 is 11.7 Å². The lowest BCUT2D eigenvalue weighted by Gasteiger charge is -2.17. The maximum absolute atomic E-state index is 12.4. The van der Waals surface area contributed by atoms with Crippen LogP contribution in [0.1, 0.15) is 18.1 Å². The second-order valence-corrected chi connectivity index (χ2v) is 3.42. The van der Waals surface area contributed by atoms with Gasteiger partial charge in [0.1, 0.15) is 6.07 Å². The largest absolute Gasteiger partial charge is 0.416 e. The van der Waals surface area contributed by atoms with Crippen molar-refractivity contribution in [3.05, 3.63) is 29.3 Å². The fraction of sp³-hybridized carbons (Fsp3) is 0.273. The summed E-state index contributed by atoms with van der Waals surface area (Å²) in [5, 5.41) is 8.78. The Kier molecular flexibility index (Phi) is 3.42. The van der Waals surface area contributed by atoms with Crippen LogP contribution >= 0.6 is 0 Å². The van der Waals surface area contributed by atoms with Crippen LogP contribution in [0.5, 0.6) is 0 Å². The number of hydrogen-bond donors (Lipinski definition) is 0. The highest BCUT2D eigenvalue weighted by Gasteiger charge is 2.31. The lowest BCUT2D eigenvalue weighted by Crippen LogP contribution is -2.24. The summed E-state index contributed by atoms with van der Waals surface area (Å²) in [6.07, 6.45) is -4.50. The molecule has 0 aliphatic carbocycles. The summed E-state index contributed by atoms with van der Waals surface area (Å²) in [6.45, 7) is 1.26. The van der Waals surface area contributed by atoms with Crippen LogP contribution in [-0.4, -0.2) is 13.0 Å². The van der Waals surface area contributed by atoms with Gasteiger partial charge in [0, 0.05) is 14.0 Å². The van der Waals surface area contributed by atoms with Crippen LogP contribution < -0.4 is 4.90 Å². The van der Waals surface area contributed by atoms with Crippen molar-refractivity contribution in [2.45, 2.75) is 13.1 Å². The summed E-state index contributed by atoms with van der Waals surface area (Å²) in [7, 11) is 1.39. The van der Waals surface area contributed by atoms with Gasteiger partial charge in [-0.1, -0.05) is 0 Å². The van der Waals surface area contributed by atoms with Gasteiger partial charge in [-0.05, 0) is 18.2 Å². The summed E-state index contributed by atoms with van der Waals surface area (Å²) in [4.78, 5) is 12.2. The monoisotopic (exact) mass is 242 g/mol. The van der Waals surface area contributed by atoms with Gasteiger partial charge in [-0.2, -0.15) is 18.4 Å². The molecular weight excluding hydrogens is 233 g/mol. The van der Waals surface area contributed by atoms with Crippen molar-refractivity contribution in [2.24, 2.45) is 0 Å². The molecule has 0 aliphatic rings. The average Bonchev–Trinajstić information content (AvgIpc) is 2.25. The molecule has 1 aromatic rings. The Labute approximate surface area is 96.1 Å². The summed E-state index contributed by atoms with van der Waals surface area (Å²) in [6, 6.07) is 4.34. The zero-order chi connectivity index (χ0) is 13.2. The highest BCUT2D eigenvalue weighted by molar-refractivity contribution is 5.92. The third-order valence-corrected chi connectivity index (χ3v) is 2.28. The third-order valence-electron chi connectivity index (χ3n) is 2.28. The van der Waals surface area contributed by atoms with Crippen LogP contribution in [0, 0.1) is 11.3 Å². The van der Waals surface area contributed by atoms with Gasteiger partial charge in [-0.3, -0.25) is 4.79 Å². The molecule has 0 fully saturated rings. The molecule has 6 heteroatoms. The number of carbonyl (C=O) groups excluding carboxylic acids is 1. The minimum absolute atomic E-state index is 0.160. The molecule has 0 saturated heterocycles. The summed E-state index contributed by atoms with van der Waals surface area (Å²) in [5.41, 5.74) is -0.930. The van der Waals surface area contributed by atoms with Crippen molar-refractivity contribution >= 4 is 11.6 Å². The number of hydrogen-bond acceptors (Lipinski definition) is 2. The van der Waals surface area contributed by atoms with Crippen LogP contribution in [0.25, 0.3) is 0 Å². The number of halogens is 3. The normalized spacial score (nSPS) is 10.8. The zero-order valence-electron chi connectivity index (χ0n) is 9.17.